The van der Waals surface area contributed by atoms with Crippen molar-refractivity contribution in [3.8, 4) is 5.75 Å². The van der Waals surface area contributed by atoms with Crippen LogP contribution < -0.4 is 15.4 Å². The van der Waals surface area contributed by atoms with E-state index in [1.54, 1.807) is 4.90 Å². The van der Waals surface area contributed by atoms with Gasteiger partial charge in [0.2, 0.25) is 5.95 Å². The molecule has 1 fully saturated rings. The molecule has 1 amide bonds. The lowest BCUT2D eigenvalue weighted by Gasteiger charge is -2.33. The van der Waals surface area contributed by atoms with E-state index in [4.69, 9.17) is 21.1 Å². The maximum atomic E-state index is 13.0. The number of carbonyl (C=O) groups is 1. The van der Waals surface area contributed by atoms with Crippen molar-refractivity contribution >= 4 is 35.0 Å². The fraction of sp³-hybridized carbons (Fsp3) is 0.421. The smallest absolute Gasteiger partial charge is 0.421 e. The van der Waals surface area contributed by atoms with Crippen molar-refractivity contribution in [3.05, 3.63) is 34.5 Å². The quantitative estimate of drug-likeness (QED) is 0.703. The normalized spacial score (nSPS) is 16.7. The fourth-order valence-electron chi connectivity index (χ4n) is 3.13. The lowest BCUT2D eigenvalue weighted by molar-refractivity contribution is -0.137. The van der Waals surface area contributed by atoms with Crippen LogP contribution in [0.1, 0.15) is 22.8 Å². The molecule has 2 heterocycles. The zero-order valence-electron chi connectivity index (χ0n) is 17.0. The number of alkyl halides is 3. The highest BCUT2D eigenvalue weighted by molar-refractivity contribution is 6.33. The Labute approximate surface area is 181 Å². The van der Waals surface area contributed by atoms with Crippen molar-refractivity contribution in [1.82, 2.24) is 14.9 Å². The minimum atomic E-state index is -4.60. The predicted molar refractivity (Wildman–Crippen MR) is 109 cm³/mol. The summed E-state index contributed by atoms with van der Waals surface area (Å²) in [6.07, 6.45) is -3.93. The summed E-state index contributed by atoms with van der Waals surface area (Å²) in [5.41, 5.74) is -0.465. The van der Waals surface area contributed by atoms with Gasteiger partial charge in [0.15, 0.2) is 0 Å². The summed E-state index contributed by atoms with van der Waals surface area (Å²) >= 11 is 6.34. The zero-order chi connectivity index (χ0) is 22.8. The molecule has 0 aliphatic carbocycles. The number of morpholine rings is 1. The molecule has 8 nitrogen and oxygen atoms in total. The Morgan fingerprint density at radius 2 is 2.13 bits per heavy atom. The maximum absolute atomic E-state index is 13.0. The minimum absolute atomic E-state index is 0.108. The van der Waals surface area contributed by atoms with Gasteiger partial charge in [0, 0.05) is 25.9 Å². The summed E-state index contributed by atoms with van der Waals surface area (Å²) in [5.74, 6) is -0.510. The summed E-state index contributed by atoms with van der Waals surface area (Å²) in [7, 11) is 2.73. The number of nitrogens with one attached hydrogen (secondary N) is 2. The number of methoxy groups -OCH3 is 1. The number of carbonyl (C=O) groups excluding carboxylic acids is 1. The molecule has 1 aromatic carbocycles. The van der Waals surface area contributed by atoms with Crippen molar-refractivity contribution in [2.45, 2.75) is 19.1 Å². The molecule has 2 N–H and O–H groups in total. The van der Waals surface area contributed by atoms with Gasteiger partial charge in [0.1, 0.15) is 17.1 Å². The molecule has 168 valence electrons. The molecule has 1 aliphatic heterocycles. The van der Waals surface area contributed by atoms with Crippen LogP contribution in [-0.2, 0) is 10.9 Å². The fourth-order valence-corrected chi connectivity index (χ4v) is 3.34. The Morgan fingerprint density at radius 1 is 1.39 bits per heavy atom. The molecule has 1 aromatic heterocycles. The number of halogens is 4. The predicted octanol–water partition coefficient (Wildman–Crippen LogP) is 3.80. The van der Waals surface area contributed by atoms with Crippen molar-refractivity contribution in [3.63, 3.8) is 0 Å². The first-order valence-electron chi connectivity index (χ1n) is 9.31. The van der Waals surface area contributed by atoms with Crippen LogP contribution in [-0.4, -0.2) is 60.7 Å². The van der Waals surface area contributed by atoms with Gasteiger partial charge >= 0.3 is 6.18 Å². The average molecular weight is 460 g/mol. The second kappa shape index (κ2) is 9.15. The molecule has 1 saturated heterocycles. The van der Waals surface area contributed by atoms with Gasteiger partial charge in [-0.15, -0.1) is 0 Å². The molecule has 0 saturated carbocycles. The van der Waals surface area contributed by atoms with Crippen molar-refractivity contribution in [1.29, 1.82) is 0 Å². The lowest BCUT2D eigenvalue weighted by atomic mass is 10.1. The monoisotopic (exact) mass is 459 g/mol. The third-order valence-corrected chi connectivity index (χ3v) is 5.04. The van der Waals surface area contributed by atoms with Crippen LogP contribution in [0.25, 0.3) is 0 Å². The van der Waals surface area contributed by atoms with E-state index < -0.39 is 11.7 Å². The molecule has 0 bridgehead atoms. The number of amides is 1. The topological polar surface area (TPSA) is 88.6 Å². The number of benzene rings is 1. The molecule has 2 aromatic rings. The van der Waals surface area contributed by atoms with Gasteiger partial charge in [0.05, 0.1) is 42.6 Å². The van der Waals surface area contributed by atoms with Crippen LogP contribution in [0.15, 0.2) is 18.3 Å². The summed E-state index contributed by atoms with van der Waals surface area (Å²) in [4.78, 5) is 22.2. The molecule has 31 heavy (non-hydrogen) atoms. The van der Waals surface area contributed by atoms with Crippen molar-refractivity contribution in [2.75, 3.05) is 44.5 Å². The van der Waals surface area contributed by atoms with Crippen LogP contribution in [0.4, 0.5) is 30.6 Å². The van der Waals surface area contributed by atoms with Gasteiger partial charge < -0.3 is 25.0 Å². The van der Waals surface area contributed by atoms with E-state index in [9.17, 15) is 18.0 Å². The minimum Gasteiger partial charge on any atom is -0.496 e. The molecule has 1 aliphatic rings. The van der Waals surface area contributed by atoms with Crippen LogP contribution in [0, 0.1) is 0 Å². The second-order valence-corrected chi connectivity index (χ2v) is 7.19. The number of anilines is 3. The first-order chi connectivity index (χ1) is 14.7. The standard InChI is InChI=1S/C19H21ClF3N5O3/c1-10-9-31-5-4-28(10)17(29)11-6-13(20)14(7-15(11)30-3)26-18-25-8-12(19(21,22)23)16(24-2)27-18/h6-8,10H,4-5,9H2,1-3H3,(H2,24,25,26,27)/t10-/m0/s1. The highest BCUT2D eigenvalue weighted by atomic mass is 35.5. The number of nitrogens with zero attached hydrogens (tertiary/aromatic N) is 3. The van der Waals surface area contributed by atoms with Gasteiger partial charge in [-0.2, -0.15) is 18.2 Å². The largest absolute Gasteiger partial charge is 0.496 e. The molecule has 1 atom stereocenters. The average Bonchev–Trinajstić information content (AvgIpc) is 2.73. The number of ether oxygens (including phenoxy) is 2. The molecule has 12 heteroatoms. The second-order valence-electron chi connectivity index (χ2n) is 6.78. The van der Waals surface area contributed by atoms with Crippen molar-refractivity contribution < 1.29 is 27.4 Å². The van der Waals surface area contributed by atoms with E-state index in [1.165, 1.54) is 26.3 Å². The van der Waals surface area contributed by atoms with Crippen molar-refractivity contribution in [2.24, 2.45) is 0 Å². The third-order valence-electron chi connectivity index (χ3n) is 4.73. The van der Waals surface area contributed by atoms with Gasteiger partial charge in [-0.3, -0.25) is 4.79 Å². The Bertz CT molecular complexity index is 974. The number of hydrogen-bond donors (Lipinski definition) is 2. The Kier molecular flexibility index (Phi) is 6.75. The number of rotatable bonds is 5. The van der Waals surface area contributed by atoms with Gasteiger partial charge in [-0.25, -0.2) is 4.98 Å². The van der Waals surface area contributed by atoms with Crippen LogP contribution in [0.5, 0.6) is 5.75 Å². The number of hydrogen-bond acceptors (Lipinski definition) is 7. The lowest BCUT2D eigenvalue weighted by Crippen LogP contribution is -2.47. The summed E-state index contributed by atoms with van der Waals surface area (Å²) in [5, 5.41) is 5.32. The third kappa shape index (κ3) is 4.93. The van der Waals surface area contributed by atoms with E-state index in [-0.39, 0.29) is 45.7 Å². The Morgan fingerprint density at radius 3 is 2.74 bits per heavy atom. The van der Waals surface area contributed by atoms with Crippen LogP contribution >= 0.6 is 11.6 Å². The summed E-state index contributed by atoms with van der Waals surface area (Å²) in [6.45, 7) is 3.18. The molecule has 3 rings (SSSR count). The van der Waals surface area contributed by atoms with Crippen LogP contribution in [0.3, 0.4) is 0 Å². The maximum Gasteiger partial charge on any atom is 0.421 e. The van der Waals surface area contributed by atoms with Gasteiger partial charge in [-0.1, -0.05) is 11.6 Å². The molecular formula is C19H21ClF3N5O3. The molecule has 0 radical (unpaired) electrons. The summed E-state index contributed by atoms with van der Waals surface area (Å²) in [6, 6.07) is 2.81. The first kappa shape index (κ1) is 22.9. The van der Waals surface area contributed by atoms with E-state index in [2.05, 4.69) is 20.6 Å². The van der Waals surface area contributed by atoms with E-state index >= 15 is 0 Å². The van der Waals surface area contributed by atoms with Gasteiger partial charge in [-0.05, 0) is 13.0 Å². The summed E-state index contributed by atoms with van der Waals surface area (Å²) < 4.78 is 49.8. The highest BCUT2D eigenvalue weighted by Gasteiger charge is 2.35. The van der Waals surface area contributed by atoms with E-state index in [0.717, 1.165) is 0 Å². The number of aromatic nitrogens is 2. The highest BCUT2D eigenvalue weighted by Crippen LogP contribution is 2.36. The Hall–Kier alpha value is -2.79. The Balaban J connectivity index is 1.91. The SMILES string of the molecule is CNc1nc(Nc2cc(OC)c(C(=O)N3CCOC[C@@H]3C)cc2Cl)ncc1C(F)(F)F. The van der Waals surface area contributed by atoms with E-state index in [1.807, 2.05) is 6.92 Å². The van der Waals surface area contributed by atoms with Gasteiger partial charge in [0.25, 0.3) is 5.91 Å². The molecule has 0 spiro atoms. The first-order valence-corrected chi connectivity index (χ1v) is 9.68. The zero-order valence-corrected chi connectivity index (χ0v) is 17.8. The molecular weight excluding hydrogens is 439 g/mol. The van der Waals surface area contributed by atoms with Crippen LogP contribution in [0.2, 0.25) is 5.02 Å². The van der Waals surface area contributed by atoms with E-state index in [0.29, 0.717) is 26.0 Å². The molecule has 0 unspecified atom stereocenters.